The first-order valence-electron chi connectivity index (χ1n) is 8.01. The Morgan fingerprint density at radius 3 is 2.56 bits per heavy atom. The molecule has 0 saturated carbocycles. The Hall–Kier alpha value is -2.31. The summed E-state index contributed by atoms with van der Waals surface area (Å²) in [4.78, 5) is 26.2. The van der Waals surface area contributed by atoms with Gasteiger partial charge in [-0.2, -0.15) is 0 Å². The molecule has 1 fully saturated rings. The Morgan fingerprint density at radius 1 is 1.16 bits per heavy atom. The molecule has 2 heterocycles. The van der Waals surface area contributed by atoms with Crippen LogP contribution in [0.25, 0.3) is 11.8 Å². The Balaban J connectivity index is 1.93. The molecule has 2 aromatic rings. The molecule has 130 valence electrons. The normalized spacial score (nSPS) is 16.3. The number of aromatic nitrogens is 1. The van der Waals surface area contributed by atoms with Crippen molar-refractivity contribution in [3.05, 3.63) is 58.3 Å². The number of carbonyl (C=O) groups excluding carboxylic acids is 2. The zero-order valence-electron chi connectivity index (χ0n) is 14.5. The third-order valence-corrected chi connectivity index (χ3v) is 5.07. The van der Waals surface area contributed by atoms with E-state index >= 15 is 0 Å². The number of hydrogen-bond donors (Lipinski definition) is 0. The van der Waals surface area contributed by atoms with E-state index in [1.807, 2.05) is 50.2 Å². The molecule has 1 aliphatic heterocycles. The third-order valence-electron chi connectivity index (χ3n) is 4.16. The van der Waals surface area contributed by atoms with Gasteiger partial charge in [-0.25, -0.2) is 0 Å². The maximum atomic E-state index is 12.5. The molecule has 5 nitrogen and oxygen atoms in total. The second-order valence-electron chi connectivity index (χ2n) is 5.82. The van der Waals surface area contributed by atoms with E-state index in [0.717, 1.165) is 34.4 Å². The van der Waals surface area contributed by atoms with Gasteiger partial charge in [0.15, 0.2) is 0 Å². The molecule has 2 amide bonds. The van der Waals surface area contributed by atoms with Crippen LogP contribution < -0.4 is 0 Å². The summed E-state index contributed by atoms with van der Waals surface area (Å²) >= 11 is 0.980. The minimum Gasteiger partial charge on any atom is -0.383 e. The number of amides is 2. The highest BCUT2D eigenvalue weighted by molar-refractivity contribution is 8.18. The summed E-state index contributed by atoms with van der Waals surface area (Å²) in [5.74, 6) is -0.253. The molecule has 1 saturated heterocycles. The minimum absolute atomic E-state index is 0.245. The van der Waals surface area contributed by atoms with Gasteiger partial charge in [0.25, 0.3) is 11.1 Å². The smallest absolute Gasteiger partial charge is 0.293 e. The van der Waals surface area contributed by atoms with Crippen molar-refractivity contribution in [1.82, 2.24) is 9.47 Å². The molecule has 1 aromatic carbocycles. The molecule has 3 rings (SSSR count). The van der Waals surface area contributed by atoms with Crippen molar-refractivity contribution in [2.75, 3.05) is 20.3 Å². The van der Waals surface area contributed by atoms with Gasteiger partial charge in [0, 0.05) is 24.2 Å². The van der Waals surface area contributed by atoms with Crippen molar-refractivity contribution in [2.45, 2.75) is 13.8 Å². The van der Waals surface area contributed by atoms with Crippen LogP contribution in [0.1, 0.15) is 17.0 Å². The lowest BCUT2D eigenvalue weighted by atomic mass is 10.2. The van der Waals surface area contributed by atoms with Crippen molar-refractivity contribution in [2.24, 2.45) is 0 Å². The van der Waals surface area contributed by atoms with E-state index in [-0.39, 0.29) is 17.7 Å². The van der Waals surface area contributed by atoms with Crippen molar-refractivity contribution in [1.29, 1.82) is 0 Å². The Kier molecular flexibility index (Phi) is 5.11. The second kappa shape index (κ2) is 7.29. The molecule has 0 spiro atoms. The quantitative estimate of drug-likeness (QED) is 0.765. The third kappa shape index (κ3) is 3.41. The minimum atomic E-state index is -0.253. The van der Waals surface area contributed by atoms with E-state index in [4.69, 9.17) is 4.74 Å². The van der Waals surface area contributed by atoms with Crippen LogP contribution in [-0.4, -0.2) is 40.9 Å². The highest BCUT2D eigenvalue weighted by Crippen LogP contribution is 2.33. The average molecular weight is 356 g/mol. The van der Waals surface area contributed by atoms with Gasteiger partial charge in [0.2, 0.25) is 0 Å². The van der Waals surface area contributed by atoms with E-state index in [9.17, 15) is 9.59 Å². The number of ether oxygens (including phenoxy) is 1. The fourth-order valence-electron chi connectivity index (χ4n) is 2.92. The second-order valence-corrected chi connectivity index (χ2v) is 6.82. The molecule has 0 bridgehead atoms. The van der Waals surface area contributed by atoms with Crippen LogP contribution in [0, 0.1) is 13.8 Å². The highest BCUT2D eigenvalue weighted by atomic mass is 32.2. The Labute approximate surface area is 151 Å². The topological polar surface area (TPSA) is 51.5 Å². The molecule has 0 N–H and O–H groups in total. The van der Waals surface area contributed by atoms with Crippen LogP contribution in [0.4, 0.5) is 4.79 Å². The largest absolute Gasteiger partial charge is 0.383 e. The summed E-state index contributed by atoms with van der Waals surface area (Å²) in [6.45, 7) is 4.66. The molecule has 1 aliphatic rings. The number of imide groups is 1. The molecule has 1 aromatic heterocycles. The number of benzene rings is 1. The molecule has 0 unspecified atom stereocenters. The molecular weight excluding hydrogens is 336 g/mol. The first-order valence-corrected chi connectivity index (χ1v) is 8.83. The van der Waals surface area contributed by atoms with Gasteiger partial charge >= 0.3 is 0 Å². The number of carbonyl (C=O) groups is 2. The first kappa shape index (κ1) is 17.5. The molecule has 0 radical (unpaired) electrons. The molecule has 6 heteroatoms. The van der Waals surface area contributed by atoms with Crippen molar-refractivity contribution < 1.29 is 14.3 Å². The lowest BCUT2D eigenvalue weighted by Crippen LogP contribution is -2.31. The SMILES string of the molecule is COCCN1C(=O)S/C(=C\c2cc(C)n(-c3ccccc3)c2C)C1=O. The summed E-state index contributed by atoms with van der Waals surface area (Å²) in [5.41, 5.74) is 4.13. The van der Waals surface area contributed by atoms with Crippen LogP contribution in [-0.2, 0) is 9.53 Å². The number of methoxy groups -OCH3 is 1. The molecular formula is C19H20N2O3S. The highest BCUT2D eigenvalue weighted by Gasteiger charge is 2.34. The van der Waals surface area contributed by atoms with Gasteiger partial charge in [-0.1, -0.05) is 18.2 Å². The van der Waals surface area contributed by atoms with Gasteiger partial charge in [-0.05, 0) is 55.4 Å². The van der Waals surface area contributed by atoms with E-state index < -0.39 is 0 Å². The van der Waals surface area contributed by atoms with E-state index in [1.165, 1.54) is 4.90 Å². The van der Waals surface area contributed by atoms with Crippen LogP contribution in [0.5, 0.6) is 0 Å². The number of aryl methyl sites for hydroxylation is 1. The summed E-state index contributed by atoms with van der Waals surface area (Å²) < 4.78 is 7.10. The summed E-state index contributed by atoms with van der Waals surface area (Å²) in [6.07, 6.45) is 1.81. The number of hydrogen-bond acceptors (Lipinski definition) is 4. The summed E-state index contributed by atoms with van der Waals surface area (Å²) in [6, 6.07) is 12.1. The lowest BCUT2D eigenvalue weighted by molar-refractivity contribution is -0.123. The fourth-order valence-corrected chi connectivity index (χ4v) is 3.78. The van der Waals surface area contributed by atoms with E-state index in [0.29, 0.717) is 11.5 Å². The molecule has 0 aliphatic carbocycles. The van der Waals surface area contributed by atoms with Crippen LogP contribution in [0.15, 0.2) is 41.3 Å². The number of rotatable bonds is 5. The summed E-state index contributed by atoms with van der Waals surface area (Å²) in [5, 5.41) is -0.245. The number of para-hydroxylation sites is 1. The predicted molar refractivity (Wildman–Crippen MR) is 99.8 cm³/mol. The van der Waals surface area contributed by atoms with Gasteiger partial charge in [-0.15, -0.1) is 0 Å². The van der Waals surface area contributed by atoms with E-state index in [2.05, 4.69) is 4.57 Å². The van der Waals surface area contributed by atoms with Crippen LogP contribution >= 0.6 is 11.8 Å². The van der Waals surface area contributed by atoms with Gasteiger partial charge < -0.3 is 9.30 Å². The van der Waals surface area contributed by atoms with Crippen molar-refractivity contribution in [3.63, 3.8) is 0 Å². The predicted octanol–water partition coefficient (Wildman–Crippen LogP) is 3.78. The monoisotopic (exact) mass is 356 g/mol. The number of thioether (sulfide) groups is 1. The number of nitrogens with zero attached hydrogens (tertiary/aromatic N) is 2. The molecule has 0 atom stereocenters. The average Bonchev–Trinajstić information content (AvgIpc) is 3.03. The fraction of sp³-hybridized carbons (Fsp3) is 0.263. The molecule has 25 heavy (non-hydrogen) atoms. The Morgan fingerprint density at radius 2 is 1.88 bits per heavy atom. The lowest BCUT2D eigenvalue weighted by Gasteiger charge is -2.10. The zero-order valence-corrected chi connectivity index (χ0v) is 15.3. The maximum Gasteiger partial charge on any atom is 0.293 e. The zero-order chi connectivity index (χ0) is 18.0. The first-order chi connectivity index (χ1) is 12.0. The van der Waals surface area contributed by atoms with Crippen LogP contribution in [0.3, 0.4) is 0 Å². The van der Waals surface area contributed by atoms with Gasteiger partial charge in [0.05, 0.1) is 18.1 Å². The maximum absolute atomic E-state index is 12.5. The summed E-state index contributed by atoms with van der Waals surface area (Å²) in [7, 11) is 1.55. The van der Waals surface area contributed by atoms with Crippen LogP contribution in [0.2, 0.25) is 0 Å². The van der Waals surface area contributed by atoms with Crippen molar-refractivity contribution in [3.8, 4) is 5.69 Å². The van der Waals surface area contributed by atoms with Crippen molar-refractivity contribution >= 4 is 29.0 Å². The Bertz CT molecular complexity index is 840. The van der Waals surface area contributed by atoms with E-state index in [1.54, 1.807) is 13.2 Å². The van der Waals surface area contributed by atoms with Gasteiger partial charge in [-0.3, -0.25) is 14.5 Å². The standard InChI is InChI=1S/C19H20N2O3S/c1-13-11-15(14(2)21(13)16-7-5-4-6-8-16)12-17-18(22)20(9-10-24-3)19(23)25-17/h4-8,11-12H,9-10H2,1-3H3/b17-12-. The van der Waals surface area contributed by atoms with Gasteiger partial charge in [0.1, 0.15) is 0 Å².